The smallest absolute Gasteiger partial charge is 0.320 e. The second-order valence-corrected chi connectivity index (χ2v) is 9.45. The third-order valence-electron chi connectivity index (χ3n) is 5.13. The van der Waals surface area contributed by atoms with E-state index in [0.29, 0.717) is 6.42 Å². The maximum absolute atomic E-state index is 11.9. The highest BCUT2D eigenvalue weighted by Gasteiger charge is 2.47. The minimum absolute atomic E-state index is 0.281. The predicted octanol–water partition coefficient (Wildman–Crippen LogP) is 6.59. The van der Waals surface area contributed by atoms with Crippen LogP contribution in [0.25, 0.3) is 0 Å². The van der Waals surface area contributed by atoms with Crippen LogP contribution in [0.2, 0.25) is 0 Å². The molecule has 1 atom stereocenters. The molecule has 23 heavy (non-hydrogen) atoms. The van der Waals surface area contributed by atoms with Crippen LogP contribution in [-0.2, 0) is 4.79 Å². The molecule has 1 N–H and O–H groups in total. The number of aliphatic carboxylic acids is 1. The van der Waals surface area contributed by atoms with Crippen LogP contribution in [0.5, 0.6) is 0 Å². The normalized spacial score (nSPS) is 15.2. The van der Waals surface area contributed by atoms with E-state index in [-0.39, 0.29) is 5.41 Å². The first-order chi connectivity index (χ1) is 10.5. The SMILES string of the molecule is CC(C)CCCCCC(S)(C(=O)O)C(C)(C)CCCCC(C)C. The Hall–Kier alpha value is -0.180. The van der Waals surface area contributed by atoms with E-state index in [1.807, 2.05) is 0 Å². The highest BCUT2D eigenvalue weighted by molar-refractivity contribution is 7.82. The summed E-state index contributed by atoms with van der Waals surface area (Å²) in [5.74, 6) is 0.700. The molecule has 0 saturated heterocycles. The van der Waals surface area contributed by atoms with Crippen LogP contribution in [0.1, 0.15) is 99.3 Å². The standard InChI is InChI=1S/C20H40O2S/c1-16(2)12-8-7-10-15-20(23,18(21)22)19(5,6)14-11-9-13-17(3)4/h16-17,23H,7-15H2,1-6H3,(H,21,22). The van der Waals surface area contributed by atoms with Crippen molar-refractivity contribution in [2.45, 2.75) is 104 Å². The molecule has 1 unspecified atom stereocenters. The molecule has 2 nitrogen and oxygen atoms in total. The molecule has 0 rings (SSSR count). The zero-order valence-electron chi connectivity index (χ0n) is 16.3. The van der Waals surface area contributed by atoms with Gasteiger partial charge in [0.1, 0.15) is 4.75 Å². The van der Waals surface area contributed by atoms with Crippen molar-refractivity contribution in [2.24, 2.45) is 17.3 Å². The second kappa shape index (κ2) is 10.6. The van der Waals surface area contributed by atoms with Crippen LogP contribution in [0.4, 0.5) is 0 Å². The van der Waals surface area contributed by atoms with Gasteiger partial charge in [0, 0.05) is 0 Å². The Kier molecular flexibility index (Phi) is 10.6. The zero-order valence-corrected chi connectivity index (χ0v) is 17.2. The fourth-order valence-corrected chi connectivity index (χ4v) is 3.44. The molecule has 138 valence electrons. The Bertz CT molecular complexity index is 337. The number of hydrogen-bond acceptors (Lipinski definition) is 2. The van der Waals surface area contributed by atoms with Crippen molar-refractivity contribution in [3.63, 3.8) is 0 Å². The predicted molar refractivity (Wildman–Crippen MR) is 104 cm³/mol. The van der Waals surface area contributed by atoms with Gasteiger partial charge in [-0.2, -0.15) is 12.6 Å². The number of unbranched alkanes of at least 4 members (excludes halogenated alkanes) is 3. The number of carbonyl (C=O) groups is 1. The van der Waals surface area contributed by atoms with Gasteiger partial charge in [-0.3, -0.25) is 4.79 Å². The number of carboxylic acids is 1. The molecule has 0 spiro atoms. The van der Waals surface area contributed by atoms with Gasteiger partial charge < -0.3 is 5.11 Å². The lowest BCUT2D eigenvalue weighted by Crippen LogP contribution is -2.46. The van der Waals surface area contributed by atoms with Crippen LogP contribution in [-0.4, -0.2) is 15.8 Å². The van der Waals surface area contributed by atoms with Gasteiger partial charge in [-0.25, -0.2) is 0 Å². The molecular weight excluding hydrogens is 304 g/mol. The molecule has 0 saturated carbocycles. The molecule has 0 aromatic heterocycles. The average molecular weight is 345 g/mol. The third kappa shape index (κ3) is 8.47. The van der Waals surface area contributed by atoms with Crippen LogP contribution >= 0.6 is 12.6 Å². The van der Waals surface area contributed by atoms with Crippen LogP contribution in [0.3, 0.4) is 0 Å². The molecule has 0 bridgehead atoms. The molecule has 0 aliphatic carbocycles. The number of rotatable bonds is 13. The first kappa shape index (κ1) is 22.8. The van der Waals surface area contributed by atoms with E-state index in [2.05, 4.69) is 54.2 Å². The summed E-state index contributed by atoms with van der Waals surface area (Å²) in [7, 11) is 0. The van der Waals surface area contributed by atoms with Crippen LogP contribution in [0.15, 0.2) is 0 Å². The molecule has 0 amide bonds. The highest BCUT2D eigenvalue weighted by atomic mass is 32.1. The lowest BCUT2D eigenvalue weighted by atomic mass is 9.71. The van der Waals surface area contributed by atoms with E-state index in [9.17, 15) is 9.90 Å². The summed E-state index contributed by atoms with van der Waals surface area (Å²) in [6.07, 6.45) is 9.57. The van der Waals surface area contributed by atoms with E-state index < -0.39 is 10.7 Å². The first-order valence-electron chi connectivity index (χ1n) is 9.48. The summed E-state index contributed by atoms with van der Waals surface area (Å²) >= 11 is 4.68. The Labute approximate surface area is 150 Å². The molecule has 0 radical (unpaired) electrons. The van der Waals surface area contributed by atoms with E-state index in [1.54, 1.807) is 0 Å². The molecule has 3 heteroatoms. The fourth-order valence-electron chi connectivity index (χ4n) is 3.17. The third-order valence-corrected chi connectivity index (χ3v) is 6.15. The van der Waals surface area contributed by atoms with Crippen molar-refractivity contribution in [1.82, 2.24) is 0 Å². The Morgan fingerprint density at radius 1 is 0.870 bits per heavy atom. The minimum atomic E-state index is -0.914. The van der Waals surface area contributed by atoms with Crippen molar-refractivity contribution < 1.29 is 9.90 Å². The van der Waals surface area contributed by atoms with Gasteiger partial charge in [-0.05, 0) is 30.1 Å². The van der Waals surface area contributed by atoms with Crippen molar-refractivity contribution >= 4 is 18.6 Å². The van der Waals surface area contributed by atoms with Gasteiger partial charge in [0.15, 0.2) is 0 Å². The molecule has 0 aliphatic rings. The Morgan fingerprint density at radius 2 is 1.30 bits per heavy atom. The maximum Gasteiger partial charge on any atom is 0.320 e. The number of hydrogen-bond donors (Lipinski definition) is 2. The summed E-state index contributed by atoms with van der Waals surface area (Å²) < 4.78 is -0.914. The number of thiol groups is 1. The Balaban J connectivity index is 4.49. The van der Waals surface area contributed by atoms with Gasteiger partial charge in [-0.1, -0.05) is 86.5 Å². The molecular formula is C20H40O2S. The number of carboxylic acid groups (broad SMARTS) is 1. The minimum Gasteiger partial charge on any atom is -0.480 e. The summed E-state index contributed by atoms with van der Waals surface area (Å²) in [5.41, 5.74) is -0.281. The van der Waals surface area contributed by atoms with E-state index in [4.69, 9.17) is 0 Å². The van der Waals surface area contributed by atoms with Crippen molar-refractivity contribution in [3.8, 4) is 0 Å². The fraction of sp³-hybridized carbons (Fsp3) is 0.950. The zero-order chi connectivity index (χ0) is 18.1. The van der Waals surface area contributed by atoms with Gasteiger partial charge in [0.2, 0.25) is 0 Å². The molecule has 0 heterocycles. The summed E-state index contributed by atoms with van der Waals surface area (Å²) in [6.45, 7) is 13.1. The van der Waals surface area contributed by atoms with Crippen molar-refractivity contribution in [1.29, 1.82) is 0 Å². The highest BCUT2D eigenvalue weighted by Crippen LogP contribution is 2.44. The lowest BCUT2D eigenvalue weighted by molar-refractivity contribution is -0.143. The van der Waals surface area contributed by atoms with Gasteiger partial charge in [0.05, 0.1) is 0 Å². The topological polar surface area (TPSA) is 37.3 Å². The van der Waals surface area contributed by atoms with Gasteiger partial charge in [-0.15, -0.1) is 0 Å². The summed E-state index contributed by atoms with van der Waals surface area (Å²) in [4.78, 5) is 11.9. The van der Waals surface area contributed by atoms with Crippen molar-refractivity contribution in [2.75, 3.05) is 0 Å². The quantitative estimate of drug-likeness (QED) is 0.292. The van der Waals surface area contributed by atoms with Crippen molar-refractivity contribution in [3.05, 3.63) is 0 Å². The average Bonchev–Trinajstić information content (AvgIpc) is 2.42. The summed E-state index contributed by atoms with van der Waals surface area (Å²) in [6, 6.07) is 0. The van der Waals surface area contributed by atoms with Crippen LogP contribution in [0, 0.1) is 17.3 Å². The first-order valence-corrected chi connectivity index (χ1v) is 9.93. The maximum atomic E-state index is 11.9. The van der Waals surface area contributed by atoms with E-state index in [0.717, 1.165) is 37.5 Å². The largest absolute Gasteiger partial charge is 0.480 e. The lowest BCUT2D eigenvalue weighted by Gasteiger charge is -2.40. The van der Waals surface area contributed by atoms with Gasteiger partial charge in [0.25, 0.3) is 0 Å². The molecule has 0 aliphatic heterocycles. The second-order valence-electron chi connectivity index (χ2n) is 8.68. The van der Waals surface area contributed by atoms with E-state index in [1.165, 1.54) is 25.7 Å². The summed E-state index contributed by atoms with van der Waals surface area (Å²) in [5, 5.41) is 9.78. The Morgan fingerprint density at radius 3 is 1.74 bits per heavy atom. The van der Waals surface area contributed by atoms with Gasteiger partial charge >= 0.3 is 5.97 Å². The van der Waals surface area contributed by atoms with Crippen LogP contribution < -0.4 is 0 Å². The molecule has 0 aromatic rings. The molecule has 0 fully saturated rings. The monoisotopic (exact) mass is 344 g/mol. The van der Waals surface area contributed by atoms with E-state index >= 15 is 0 Å². The molecule has 0 aromatic carbocycles.